The zero-order valence-electron chi connectivity index (χ0n) is 11.5. The summed E-state index contributed by atoms with van der Waals surface area (Å²) in [4.78, 5) is 11.3. The van der Waals surface area contributed by atoms with Crippen LogP contribution in [-0.4, -0.2) is 16.5 Å². The van der Waals surface area contributed by atoms with Crippen LogP contribution in [0.3, 0.4) is 0 Å². The van der Waals surface area contributed by atoms with Gasteiger partial charge in [-0.05, 0) is 32.3 Å². The van der Waals surface area contributed by atoms with Gasteiger partial charge >= 0.3 is 0 Å². The molecule has 0 bridgehead atoms. The van der Waals surface area contributed by atoms with Crippen LogP contribution in [0.25, 0.3) is 0 Å². The summed E-state index contributed by atoms with van der Waals surface area (Å²) in [5, 5.41) is 0. The van der Waals surface area contributed by atoms with Crippen molar-refractivity contribution in [3.63, 3.8) is 0 Å². The molecule has 19 heavy (non-hydrogen) atoms. The van der Waals surface area contributed by atoms with E-state index in [0.717, 1.165) is 18.1 Å². The summed E-state index contributed by atoms with van der Waals surface area (Å²) in [5.41, 5.74) is 3.69. The third-order valence-electron chi connectivity index (χ3n) is 3.72. The minimum atomic E-state index is 0.441. The molecule has 1 atom stereocenters. The third-order valence-corrected chi connectivity index (χ3v) is 3.72. The summed E-state index contributed by atoms with van der Waals surface area (Å²) in [7, 11) is 0. The average Bonchev–Trinajstić information content (AvgIpc) is 2.88. The van der Waals surface area contributed by atoms with Gasteiger partial charge in [-0.3, -0.25) is 4.98 Å². The highest BCUT2D eigenvalue weighted by Crippen LogP contribution is 2.35. The number of aromatic nitrogens is 2. The van der Waals surface area contributed by atoms with E-state index < -0.39 is 0 Å². The molecule has 2 heterocycles. The summed E-state index contributed by atoms with van der Waals surface area (Å²) in [6.07, 6.45) is 6.09. The molecule has 1 saturated heterocycles. The van der Waals surface area contributed by atoms with Crippen molar-refractivity contribution in [2.75, 3.05) is 11.4 Å². The normalized spacial score (nSPS) is 18.8. The largest absolute Gasteiger partial charge is 0.348 e. The molecule has 3 rings (SSSR count). The van der Waals surface area contributed by atoms with Gasteiger partial charge in [0.05, 0.1) is 17.9 Å². The number of rotatable bonds is 2. The van der Waals surface area contributed by atoms with Gasteiger partial charge in [-0.25, -0.2) is 4.98 Å². The smallest absolute Gasteiger partial charge is 0.147 e. The maximum Gasteiger partial charge on any atom is 0.147 e. The van der Waals surface area contributed by atoms with E-state index in [0.29, 0.717) is 6.04 Å². The van der Waals surface area contributed by atoms with Gasteiger partial charge in [-0.2, -0.15) is 0 Å². The first kappa shape index (κ1) is 12.2. The van der Waals surface area contributed by atoms with Crippen LogP contribution in [0.4, 0.5) is 5.82 Å². The second-order valence-corrected chi connectivity index (χ2v) is 5.28. The summed E-state index contributed by atoms with van der Waals surface area (Å²) in [6.45, 7) is 5.21. The fraction of sp³-hybridized carbons (Fsp3) is 0.375. The van der Waals surface area contributed by atoms with Crippen molar-refractivity contribution in [2.24, 2.45) is 0 Å². The van der Waals surface area contributed by atoms with Crippen LogP contribution in [0.15, 0.2) is 36.7 Å². The van der Waals surface area contributed by atoms with Crippen LogP contribution in [0.1, 0.15) is 35.7 Å². The average molecular weight is 253 g/mol. The SMILES string of the molecule is Cc1cccc(C2CCCN2c2cncc(C)n2)c1. The first-order valence-electron chi connectivity index (χ1n) is 6.86. The van der Waals surface area contributed by atoms with E-state index in [4.69, 9.17) is 0 Å². The van der Waals surface area contributed by atoms with E-state index in [1.54, 1.807) is 6.20 Å². The van der Waals surface area contributed by atoms with Gasteiger partial charge in [0.15, 0.2) is 0 Å². The molecule has 0 N–H and O–H groups in total. The Kier molecular flexibility index (Phi) is 3.20. The molecule has 1 fully saturated rings. The summed E-state index contributed by atoms with van der Waals surface area (Å²) in [6, 6.07) is 9.24. The molecule has 0 amide bonds. The molecular formula is C16H19N3. The van der Waals surface area contributed by atoms with E-state index in [9.17, 15) is 0 Å². The quantitative estimate of drug-likeness (QED) is 0.821. The Morgan fingerprint density at radius 2 is 2.11 bits per heavy atom. The van der Waals surface area contributed by atoms with Crippen LogP contribution < -0.4 is 4.90 Å². The molecule has 0 spiro atoms. The Morgan fingerprint density at radius 1 is 1.21 bits per heavy atom. The Bertz CT molecular complexity index is 528. The summed E-state index contributed by atoms with van der Waals surface area (Å²) < 4.78 is 0. The molecule has 0 radical (unpaired) electrons. The van der Waals surface area contributed by atoms with E-state index >= 15 is 0 Å². The molecule has 98 valence electrons. The predicted octanol–water partition coefficient (Wildman–Crippen LogP) is 3.43. The highest BCUT2D eigenvalue weighted by Gasteiger charge is 2.27. The second kappa shape index (κ2) is 5.00. The molecule has 0 aliphatic carbocycles. The number of hydrogen-bond donors (Lipinski definition) is 0. The lowest BCUT2D eigenvalue weighted by molar-refractivity contribution is 0.708. The van der Waals surface area contributed by atoms with E-state index in [-0.39, 0.29) is 0 Å². The van der Waals surface area contributed by atoms with Gasteiger partial charge in [0.2, 0.25) is 0 Å². The second-order valence-electron chi connectivity index (χ2n) is 5.28. The lowest BCUT2D eigenvalue weighted by atomic mass is 10.0. The number of anilines is 1. The van der Waals surface area contributed by atoms with E-state index in [2.05, 4.69) is 46.1 Å². The fourth-order valence-electron chi connectivity index (χ4n) is 2.85. The number of aryl methyl sites for hydroxylation is 2. The molecule has 1 aromatic carbocycles. The topological polar surface area (TPSA) is 29.0 Å². The molecule has 2 aromatic rings. The van der Waals surface area contributed by atoms with Gasteiger partial charge in [-0.1, -0.05) is 29.8 Å². The maximum atomic E-state index is 4.62. The standard InChI is InChI=1S/C16H19N3/c1-12-5-3-6-14(9-12)15-7-4-8-19(15)16-11-17-10-13(2)18-16/h3,5-6,9-11,15H,4,7-8H2,1-2H3. The third kappa shape index (κ3) is 2.46. The lowest BCUT2D eigenvalue weighted by Gasteiger charge is -2.26. The van der Waals surface area contributed by atoms with Crippen molar-refractivity contribution in [2.45, 2.75) is 32.7 Å². The highest BCUT2D eigenvalue weighted by molar-refractivity contribution is 5.43. The van der Waals surface area contributed by atoms with Crippen molar-refractivity contribution >= 4 is 5.82 Å². The lowest BCUT2D eigenvalue weighted by Crippen LogP contribution is -2.23. The van der Waals surface area contributed by atoms with Crippen LogP contribution in [0.2, 0.25) is 0 Å². The fourth-order valence-corrected chi connectivity index (χ4v) is 2.85. The van der Waals surface area contributed by atoms with Crippen LogP contribution in [0.5, 0.6) is 0 Å². The maximum absolute atomic E-state index is 4.62. The highest BCUT2D eigenvalue weighted by atomic mass is 15.2. The van der Waals surface area contributed by atoms with Gasteiger partial charge in [0.25, 0.3) is 0 Å². The molecule has 0 saturated carbocycles. The Hall–Kier alpha value is -1.90. The minimum Gasteiger partial charge on any atom is -0.348 e. The van der Waals surface area contributed by atoms with Crippen molar-refractivity contribution in [1.29, 1.82) is 0 Å². The van der Waals surface area contributed by atoms with Gasteiger partial charge in [-0.15, -0.1) is 0 Å². The van der Waals surface area contributed by atoms with Crippen molar-refractivity contribution in [1.82, 2.24) is 9.97 Å². The van der Waals surface area contributed by atoms with Crippen LogP contribution in [0, 0.1) is 13.8 Å². The zero-order chi connectivity index (χ0) is 13.2. The molecule has 1 aliphatic heterocycles. The van der Waals surface area contributed by atoms with E-state index in [1.165, 1.54) is 24.0 Å². The zero-order valence-corrected chi connectivity index (χ0v) is 11.5. The first-order valence-corrected chi connectivity index (χ1v) is 6.86. The Labute approximate surface area is 114 Å². The van der Waals surface area contributed by atoms with Crippen molar-refractivity contribution < 1.29 is 0 Å². The number of benzene rings is 1. The van der Waals surface area contributed by atoms with Crippen LogP contribution >= 0.6 is 0 Å². The number of nitrogens with zero attached hydrogens (tertiary/aromatic N) is 3. The van der Waals surface area contributed by atoms with Crippen molar-refractivity contribution in [3.05, 3.63) is 53.5 Å². The van der Waals surface area contributed by atoms with Gasteiger partial charge in [0.1, 0.15) is 5.82 Å². The van der Waals surface area contributed by atoms with Crippen LogP contribution in [-0.2, 0) is 0 Å². The van der Waals surface area contributed by atoms with E-state index in [1.807, 2.05) is 13.1 Å². The molecule has 1 aliphatic rings. The van der Waals surface area contributed by atoms with Crippen molar-refractivity contribution in [3.8, 4) is 0 Å². The Morgan fingerprint density at radius 3 is 2.89 bits per heavy atom. The number of hydrogen-bond acceptors (Lipinski definition) is 3. The molecule has 3 nitrogen and oxygen atoms in total. The summed E-state index contributed by atoms with van der Waals surface area (Å²) in [5.74, 6) is 1.00. The van der Waals surface area contributed by atoms with Gasteiger partial charge < -0.3 is 4.90 Å². The van der Waals surface area contributed by atoms with Gasteiger partial charge in [0, 0.05) is 12.7 Å². The predicted molar refractivity (Wildman–Crippen MR) is 77.3 cm³/mol. The summed E-state index contributed by atoms with van der Waals surface area (Å²) >= 11 is 0. The molecule has 1 aromatic heterocycles. The minimum absolute atomic E-state index is 0.441. The first-order chi connectivity index (χ1) is 9.24. The monoisotopic (exact) mass is 253 g/mol. The Balaban J connectivity index is 1.93. The molecule has 3 heteroatoms. The molecular weight excluding hydrogens is 234 g/mol. The molecule has 1 unspecified atom stereocenters.